The van der Waals surface area contributed by atoms with Gasteiger partial charge in [-0.15, -0.1) is 0 Å². The van der Waals surface area contributed by atoms with E-state index in [1.807, 2.05) is 38.4 Å². The molecule has 0 aliphatic carbocycles. The van der Waals surface area contributed by atoms with Crippen molar-refractivity contribution in [2.45, 2.75) is 0 Å². The third-order valence-corrected chi connectivity index (χ3v) is 3.75. The molecule has 21 heavy (non-hydrogen) atoms. The highest BCUT2D eigenvalue weighted by Gasteiger charge is 2.06. The van der Waals surface area contributed by atoms with E-state index in [9.17, 15) is 0 Å². The van der Waals surface area contributed by atoms with Crippen LogP contribution < -0.4 is 10.6 Å². The molecule has 1 heterocycles. The van der Waals surface area contributed by atoms with Crippen LogP contribution >= 0.6 is 11.7 Å². The molecule has 0 atom stereocenters. The summed E-state index contributed by atoms with van der Waals surface area (Å²) in [5.41, 5.74) is 11.1. The number of aliphatic imine (C=N–C) groups is 1. The third-order valence-electron chi connectivity index (χ3n) is 3.21. The minimum Gasteiger partial charge on any atom is -0.395 e. The van der Waals surface area contributed by atoms with Crippen molar-refractivity contribution in [3.05, 3.63) is 42.0 Å². The fraction of sp³-hybridized carbons (Fsp3) is 0.133. The molecule has 0 bridgehead atoms. The average Bonchev–Trinajstić information content (AvgIpc) is 2.96. The smallest absolute Gasteiger partial charge is 0.129 e. The number of hydrogen-bond acceptors (Lipinski definition) is 6. The highest BCUT2D eigenvalue weighted by molar-refractivity contribution is 7.00. The highest BCUT2D eigenvalue weighted by Crippen LogP contribution is 2.29. The van der Waals surface area contributed by atoms with E-state index in [4.69, 9.17) is 5.73 Å². The Balaban J connectivity index is 1.88. The number of nitrogens with two attached hydrogens (primary N) is 1. The normalized spacial score (nSPS) is 11.3. The summed E-state index contributed by atoms with van der Waals surface area (Å²) in [6, 6.07) is 11.9. The van der Waals surface area contributed by atoms with Gasteiger partial charge >= 0.3 is 0 Å². The molecule has 0 aliphatic heterocycles. The maximum Gasteiger partial charge on any atom is 0.129 e. The Morgan fingerprint density at radius 2 is 1.86 bits per heavy atom. The van der Waals surface area contributed by atoms with Crippen molar-refractivity contribution >= 4 is 46.0 Å². The Hall–Kier alpha value is -2.47. The van der Waals surface area contributed by atoms with Gasteiger partial charge in [0, 0.05) is 26.0 Å². The summed E-state index contributed by atoms with van der Waals surface area (Å²) in [4.78, 5) is 6.51. The Labute approximate surface area is 127 Å². The van der Waals surface area contributed by atoms with Gasteiger partial charge in [0.05, 0.1) is 23.1 Å². The van der Waals surface area contributed by atoms with Crippen molar-refractivity contribution in [3.8, 4) is 0 Å². The molecule has 0 amide bonds. The summed E-state index contributed by atoms with van der Waals surface area (Å²) in [6.07, 6.45) is 1.80. The number of aromatic nitrogens is 2. The maximum absolute atomic E-state index is 6.08. The quantitative estimate of drug-likeness (QED) is 0.596. The minimum atomic E-state index is 0.572. The standard InChI is InChI=1S/C15H15N5S/c1-20(2)11-5-3-10(4-6-11)9-17-12-7-8-13-15(14(12)16)19-21-18-13/h3-9H,16H2,1-2H3. The van der Waals surface area contributed by atoms with Gasteiger partial charge in [0.2, 0.25) is 0 Å². The molecule has 0 spiro atoms. The van der Waals surface area contributed by atoms with E-state index in [0.29, 0.717) is 11.4 Å². The predicted molar refractivity (Wildman–Crippen MR) is 89.9 cm³/mol. The number of benzene rings is 2. The van der Waals surface area contributed by atoms with Gasteiger partial charge in [-0.1, -0.05) is 12.1 Å². The number of anilines is 2. The molecule has 106 valence electrons. The first-order valence-corrected chi connectivity index (χ1v) is 7.20. The van der Waals surface area contributed by atoms with Crippen LogP contribution in [0.15, 0.2) is 41.4 Å². The molecule has 0 unspecified atom stereocenters. The lowest BCUT2D eigenvalue weighted by Crippen LogP contribution is -2.08. The molecule has 0 saturated heterocycles. The fourth-order valence-electron chi connectivity index (χ4n) is 1.98. The summed E-state index contributed by atoms with van der Waals surface area (Å²) in [6.45, 7) is 0. The van der Waals surface area contributed by atoms with Gasteiger partial charge in [0.15, 0.2) is 0 Å². The molecular weight excluding hydrogens is 282 g/mol. The minimum absolute atomic E-state index is 0.572. The Morgan fingerprint density at radius 3 is 2.57 bits per heavy atom. The topological polar surface area (TPSA) is 67.4 Å². The zero-order valence-corrected chi connectivity index (χ0v) is 12.6. The van der Waals surface area contributed by atoms with Gasteiger partial charge < -0.3 is 10.6 Å². The molecule has 0 saturated carbocycles. The summed E-state index contributed by atoms with van der Waals surface area (Å²) in [7, 11) is 4.03. The number of nitrogens with zero attached hydrogens (tertiary/aromatic N) is 4. The van der Waals surface area contributed by atoms with Crippen molar-refractivity contribution in [2.24, 2.45) is 4.99 Å². The van der Waals surface area contributed by atoms with Gasteiger partial charge in [-0.05, 0) is 29.8 Å². The Morgan fingerprint density at radius 1 is 1.10 bits per heavy atom. The first-order chi connectivity index (χ1) is 10.1. The lowest BCUT2D eigenvalue weighted by atomic mass is 10.2. The molecule has 2 N–H and O–H groups in total. The Kier molecular flexibility index (Phi) is 3.53. The van der Waals surface area contributed by atoms with Crippen LogP contribution in [0, 0.1) is 0 Å². The molecular formula is C15H15N5S. The summed E-state index contributed by atoms with van der Waals surface area (Å²) >= 11 is 1.16. The lowest BCUT2D eigenvalue weighted by molar-refractivity contribution is 1.13. The van der Waals surface area contributed by atoms with Gasteiger partial charge in [-0.2, -0.15) is 8.75 Å². The lowest BCUT2D eigenvalue weighted by Gasteiger charge is -2.11. The van der Waals surface area contributed by atoms with Crippen LogP contribution in [0.5, 0.6) is 0 Å². The highest BCUT2D eigenvalue weighted by atomic mass is 32.1. The van der Waals surface area contributed by atoms with Crippen LogP contribution in [0.1, 0.15) is 5.56 Å². The molecule has 5 nitrogen and oxygen atoms in total. The fourth-order valence-corrected chi connectivity index (χ4v) is 2.53. The van der Waals surface area contributed by atoms with E-state index in [2.05, 4.69) is 30.8 Å². The second-order valence-electron chi connectivity index (χ2n) is 4.87. The zero-order chi connectivity index (χ0) is 14.8. The maximum atomic E-state index is 6.08. The van der Waals surface area contributed by atoms with Crippen molar-refractivity contribution in [3.63, 3.8) is 0 Å². The van der Waals surface area contributed by atoms with Crippen molar-refractivity contribution in [1.29, 1.82) is 0 Å². The van der Waals surface area contributed by atoms with Gasteiger partial charge in [-0.25, -0.2) is 0 Å². The third kappa shape index (κ3) is 2.71. The van der Waals surface area contributed by atoms with Crippen molar-refractivity contribution in [1.82, 2.24) is 8.75 Å². The van der Waals surface area contributed by atoms with Crippen LogP contribution in [0.4, 0.5) is 17.1 Å². The van der Waals surface area contributed by atoms with E-state index in [1.54, 1.807) is 6.21 Å². The monoisotopic (exact) mass is 297 g/mol. The predicted octanol–water partition coefficient (Wildman–Crippen LogP) is 3.09. The Bertz CT molecular complexity index is 789. The molecule has 0 aliphatic rings. The van der Waals surface area contributed by atoms with Crippen molar-refractivity contribution in [2.75, 3.05) is 24.7 Å². The van der Waals surface area contributed by atoms with Gasteiger partial charge in [-0.3, -0.25) is 4.99 Å². The second kappa shape index (κ2) is 5.49. The van der Waals surface area contributed by atoms with Gasteiger partial charge in [0.25, 0.3) is 0 Å². The first-order valence-electron chi connectivity index (χ1n) is 6.47. The van der Waals surface area contributed by atoms with E-state index in [-0.39, 0.29) is 0 Å². The molecule has 6 heteroatoms. The van der Waals surface area contributed by atoms with E-state index < -0.39 is 0 Å². The second-order valence-corrected chi connectivity index (χ2v) is 5.40. The van der Waals surface area contributed by atoms with Crippen LogP contribution in [0.25, 0.3) is 11.0 Å². The largest absolute Gasteiger partial charge is 0.395 e. The van der Waals surface area contributed by atoms with Crippen molar-refractivity contribution < 1.29 is 0 Å². The van der Waals surface area contributed by atoms with Crippen LogP contribution in [0.2, 0.25) is 0 Å². The molecule has 2 aromatic carbocycles. The number of rotatable bonds is 3. The molecule has 0 fully saturated rings. The summed E-state index contributed by atoms with van der Waals surface area (Å²) in [5.74, 6) is 0. The van der Waals surface area contributed by atoms with Crippen LogP contribution in [0.3, 0.4) is 0 Å². The number of fused-ring (bicyclic) bond motifs is 1. The summed E-state index contributed by atoms with van der Waals surface area (Å²) in [5, 5.41) is 0. The molecule has 3 rings (SSSR count). The van der Waals surface area contributed by atoms with E-state index >= 15 is 0 Å². The van der Waals surface area contributed by atoms with Gasteiger partial charge in [0.1, 0.15) is 11.0 Å². The molecule has 1 aromatic heterocycles. The van der Waals surface area contributed by atoms with E-state index in [0.717, 1.165) is 34.0 Å². The first kappa shape index (κ1) is 13.5. The molecule has 3 aromatic rings. The SMILES string of the molecule is CN(C)c1ccc(C=Nc2ccc3nsnc3c2N)cc1. The van der Waals surface area contributed by atoms with E-state index in [1.165, 1.54) is 0 Å². The molecule has 0 radical (unpaired) electrons. The zero-order valence-electron chi connectivity index (χ0n) is 11.8. The van der Waals surface area contributed by atoms with Crippen LogP contribution in [-0.4, -0.2) is 29.1 Å². The number of hydrogen-bond donors (Lipinski definition) is 1. The average molecular weight is 297 g/mol. The number of nitrogen functional groups attached to an aromatic ring is 1. The van der Waals surface area contributed by atoms with Crippen LogP contribution in [-0.2, 0) is 0 Å². The summed E-state index contributed by atoms with van der Waals surface area (Å²) < 4.78 is 8.35.